The average molecular weight is 231 g/mol. The van der Waals surface area contributed by atoms with Crippen LogP contribution in [0.1, 0.15) is 17.2 Å². The maximum atomic E-state index is 11.4. The molecule has 0 aromatic heterocycles. The van der Waals surface area contributed by atoms with Crippen molar-refractivity contribution < 1.29 is 14.6 Å². The van der Waals surface area contributed by atoms with E-state index >= 15 is 0 Å². The summed E-state index contributed by atoms with van der Waals surface area (Å²) in [6, 6.07) is 7.18. The molecule has 2 atom stereocenters. The van der Waals surface area contributed by atoms with Crippen LogP contribution in [0.4, 0.5) is 4.79 Å². The summed E-state index contributed by atoms with van der Waals surface area (Å²) in [5.41, 5.74) is 1.97. The van der Waals surface area contributed by atoms with Gasteiger partial charge in [0.2, 0.25) is 0 Å². The Balaban J connectivity index is 2.07. The van der Waals surface area contributed by atoms with Crippen molar-refractivity contribution in [2.75, 3.05) is 6.61 Å². The van der Waals surface area contributed by atoms with Crippen molar-refractivity contribution >= 4 is 6.09 Å². The lowest BCUT2D eigenvalue weighted by Gasteiger charge is -2.17. The van der Waals surface area contributed by atoms with E-state index in [4.69, 9.17) is 11.2 Å². The topological polar surface area (TPSA) is 58.6 Å². The van der Waals surface area contributed by atoms with Gasteiger partial charge in [0.1, 0.15) is 0 Å². The van der Waals surface area contributed by atoms with Crippen molar-refractivity contribution in [3.05, 3.63) is 35.4 Å². The summed E-state index contributed by atoms with van der Waals surface area (Å²) in [7, 11) is 0. The molecule has 0 saturated heterocycles. The Bertz CT molecular complexity index is 464. The highest BCUT2D eigenvalue weighted by atomic mass is 16.5. The van der Waals surface area contributed by atoms with E-state index in [0.29, 0.717) is 6.42 Å². The predicted molar refractivity (Wildman–Crippen MR) is 62.2 cm³/mol. The fourth-order valence-electron chi connectivity index (χ4n) is 2.02. The molecule has 0 spiro atoms. The van der Waals surface area contributed by atoms with Crippen LogP contribution in [0.25, 0.3) is 0 Å². The summed E-state index contributed by atoms with van der Waals surface area (Å²) in [5.74, 6) is 2.21. The molecule has 0 radical (unpaired) electrons. The van der Waals surface area contributed by atoms with Crippen molar-refractivity contribution in [3.8, 4) is 12.3 Å². The van der Waals surface area contributed by atoms with Crippen molar-refractivity contribution in [3.63, 3.8) is 0 Å². The van der Waals surface area contributed by atoms with Gasteiger partial charge >= 0.3 is 6.09 Å². The molecule has 88 valence electrons. The quantitative estimate of drug-likeness (QED) is 0.747. The van der Waals surface area contributed by atoms with E-state index in [9.17, 15) is 9.90 Å². The Hall–Kier alpha value is -1.99. The molecule has 0 saturated carbocycles. The number of aliphatic hydroxyl groups excluding tert-OH is 1. The molecule has 17 heavy (non-hydrogen) atoms. The summed E-state index contributed by atoms with van der Waals surface area (Å²) in [6.07, 6.45) is 4.30. The number of amides is 1. The second-order valence-electron chi connectivity index (χ2n) is 3.87. The summed E-state index contributed by atoms with van der Waals surface area (Å²) in [6.45, 7) is -0.0731. The summed E-state index contributed by atoms with van der Waals surface area (Å²) in [4.78, 5) is 11.4. The first kappa shape index (κ1) is 11.5. The van der Waals surface area contributed by atoms with Gasteiger partial charge in [-0.3, -0.25) is 0 Å². The molecule has 0 bridgehead atoms. The van der Waals surface area contributed by atoms with Gasteiger partial charge in [-0.15, -0.1) is 6.42 Å². The first-order valence-corrected chi connectivity index (χ1v) is 5.35. The molecule has 4 nitrogen and oxygen atoms in total. The molecule has 0 unspecified atom stereocenters. The van der Waals surface area contributed by atoms with E-state index in [0.717, 1.165) is 11.1 Å². The molecule has 0 fully saturated rings. The summed E-state index contributed by atoms with van der Waals surface area (Å²) >= 11 is 0. The van der Waals surface area contributed by atoms with Crippen LogP contribution in [0.3, 0.4) is 0 Å². The lowest BCUT2D eigenvalue weighted by atomic mass is 10.1. The molecule has 4 heteroatoms. The number of carbonyl (C=O) groups excluding carboxylic acids is 1. The Morgan fingerprint density at radius 3 is 3.12 bits per heavy atom. The van der Waals surface area contributed by atoms with Gasteiger partial charge in [0.25, 0.3) is 0 Å². The molecular weight excluding hydrogens is 218 g/mol. The molecule has 1 aliphatic carbocycles. The number of alkyl carbamates (subject to hydrolysis) is 1. The predicted octanol–water partition coefficient (Wildman–Crippen LogP) is 1.00. The third-order valence-electron chi connectivity index (χ3n) is 2.76. The highest BCUT2D eigenvalue weighted by Crippen LogP contribution is 2.31. The Morgan fingerprint density at radius 1 is 1.59 bits per heavy atom. The summed E-state index contributed by atoms with van der Waals surface area (Å²) in [5, 5.41) is 12.5. The first-order chi connectivity index (χ1) is 8.22. The van der Waals surface area contributed by atoms with Crippen LogP contribution in [0.5, 0.6) is 0 Å². The van der Waals surface area contributed by atoms with Crippen LogP contribution < -0.4 is 5.32 Å². The highest BCUT2D eigenvalue weighted by Gasteiger charge is 2.32. The van der Waals surface area contributed by atoms with Crippen LogP contribution in [-0.2, 0) is 11.2 Å². The minimum atomic E-state index is -0.620. The van der Waals surface area contributed by atoms with E-state index in [1.807, 2.05) is 24.3 Å². The van der Waals surface area contributed by atoms with E-state index in [1.165, 1.54) is 0 Å². The van der Waals surface area contributed by atoms with E-state index in [1.54, 1.807) is 0 Å². The van der Waals surface area contributed by atoms with Crippen LogP contribution in [0.2, 0.25) is 0 Å². The van der Waals surface area contributed by atoms with Crippen LogP contribution >= 0.6 is 0 Å². The van der Waals surface area contributed by atoms with Crippen molar-refractivity contribution in [1.82, 2.24) is 5.32 Å². The number of aliphatic hydroxyl groups is 1. The van der Waals surface area contributed by atoms with Crippen LogP contribution in [-0.4, -0.2) is 23.9 Å². The van der Waals surface area contributed by atoms with Gasteiger partial charge in [0, 0.05) is 6.42 Å². The van der Waals surface area contributed by atoms with Crippen LogP contribution in [0, 0.1) is 12.3 Å². The largest absolute Gasteiger partial charge is 0.436 e. The second-order valence-corrected chi connectivity index (χ2v) is 3.87. The monoisotopic (exact) mass is 231 g/mol. The van der Waals surface area contributed by atoms with Crippen molar-refractivity contribution in [1.29, 1.82) is 0 Å². The van der Waals surface area contributed by atoms with Gasteiger partial charge in [-0.05, 0) is 11.1 Å². The number of benzene rings is 1. The van der Waals surface area contributed by atoms with Crippen molar-refractivity contribution in [2.45, 2.75) is 18.6 Å². The Labute approximate surface area is 99.6 Å². The third-order valence-corrected chi connectivity index (χ3v) is 2.76. The zero-order valence-electron chi connectivity index (χ0n) is 9.22. The lowest BCUT2D eigenvalue weighted by Crippen LogP contribution is -2.34. The van der Waals surface area contributed by atoms with Gasteiger partial charge in [-0.2, -0.15) is 0 Å². The second kappa shape index (κ2) is 4.89. The van der Waals surface area contributed by atoms with Gasteiger partial charge in [-0.1, -0.05) is 30.2 Å². The third kappa shape index (κ3) is 2.40. The Kier molecular flexibility index (Phi) is 3.31. The maximum absolute atomic E-state index is 11.4. The average Bonchev–Trinajstić information content (AvgIpc) is 2.64. The zero-order chi connectivity index (χ0) is 12.3. The fraction of sp³-hybridized carbons (Fsp3) is 0.308. The zero-order valence-corrected chi connectivity index (χ0v) is 9.22. The number of hydrogen-bond donors (Lipinski definition) is 2. The van der Waals surface area contributed by atoms with Gasteiger partial charge in [0.05, 0.1) is 12.1 Å². The number of nitrogens with one attached hydrogen (secondary N) is 1. The molecule has 2 N–H and O–H groups in total. The first-order valence-electron chi connectivity index (χ1n) is 5.35. The number of hydrogen-bond acceptors (Lipinski definition) is 3. The minimum Gasteiger partial charge on any atom is -0.436 e. The number of terminal acetylenes is 1. The number of fused-ring (bicyclic) bond motifs is 1. The van der Waals surface area contributed by atoms with E-state index < -0.39 is 18.2 Å². The molecule has 0 aliphatic heterocycles. The van der Waals surface area contributed by atoms with E-state index in [2.05, 4.69) is 11.2 Å². The summed E-state index contributed by atoms with van der Waals surface area (Å²) < 4.78 is 4.72. The molecule has 1 amide bonds. The normalized spacial score (nSPS) is 21.4. The molecule has 0 heterocycles. The van der Waals surface area contributed by atoms with E-state index in [-0.39, 0.29) is 6.61 Å². The van der Waals surface area contributed by atoms with Gasteiger partial charge in [-0.25, -0.2) is 4.79 Å². The molecule has 1 aliphatic rings. The maximum Gasteiger partial charge on any atom is 0.408 e. The molecule has 2 rings (SSSR count). The minimum absolute atomic E-state index is 0.0731. The van der Waals surface area contributed by atoms with Gasteiger partial charge < -0.3 is 15.2 Å². The standard InChI is InChI=1S/C13H13NO3/c1-2-7-17-13(16)14-12-10-6-4-3-5-9(10)8-11(12)15/h1,3-6,11-12,15H,7-8H2,(H,14,16)/t11-,12+/m1/s1. The Morgan fingerprint density at radius 2 is 2.35 bits per heavy atom. The SMILES string of the molecule is C#CCOC(=O)N[C@H]1c2ccccc2C[C@H]1O. The lowest BCUT2D eigenvalue weighted by molar-refractivity contribution is 0.119. The number of ether oxygens (including phenoxy) is 1. The molecule has 1 aromatic carbocycles. The smallest absolute Gasteiger partial charge is 0.408 e. The number of carbonyl (C=O) groups is 1. The van der Waals surface area contributed by atoms with Crippen LogP contribution in [0.15, 0.2) is 24.3 Å². The molecule has 1 aromatic rings. The van der Waals surface area contributed by atoms with Crippen molar-refractivity contribution in [2.24, 2.45) is 0 Å². The fourth-order valence-corrected chi connectivity index (χ4v) is 2.02. The number of rotatable bonds is 2. The molecular formula is C13H13NO3. The van der Waals surface area contributed by atoms with Gasteiger partial charge in [0.15, 0.2) is 6.61 Å². The highest BCUT2D eigenvalue weighted by molar-refractivity contribution is 5.68.